The van der Waals surface area contributed by atoms with E-state index in [9.17, 15) is 18.0 Å². The van der Waals surface area contributed by atoms with E-state index in [-0.39, 0.29) is 51.3 Å². The predicted octanol–water partition coefficient (Wildman–Crippen LogP) is 6.33. The van der Waals surface area contributed by atoms with E-state index in [2.05, 4.69) is 51.1 Å². The van der Waals surface area contributed by atoms with Gasteiger partial charge in [-0.25, -0.2) is 18.0 Å². The molecule has 5 rings (SSSR count). The minimum Gasteiger partial charge on any atom is -0.307 e. The smallest absolute Gasteiger partial charge is 0.226 e. The van der Waals surface area contributed by atoms with Crippen LogP contribution >= 0.6 is 0 Å². The molecule has 4 fully saturated rings. The van der Waals surface area contributed by atoms with Gasteiger partial charge in [-0.2, -0.15) is 0 Å². The van der Waals surface area contributed by atoms with Crippen molar-refractivity contribution in [1.82, 2.24) is 4.72 Å². The number of allylic oxidation sites excluding steroid dienone is 2. The van der Waals surface area contributed by atoms with Crippen molar-refractivity contribution in [3.05, 3.63) is 23.2 Å². The summed E-state index contributed by atoms with van der Waals surface area (Å²) < 4.78 is 28.4. The van der Waals surface area contributed by atoms with Gasteiger partial charge in [-0.3, -0.25) is 4.79 Å². The molecule has 0 heterocycles. The Morgan fingerprint density at radius 1 is 0.923 bits per heavy atom. The van der Waals surface area contributed by atoms with Crippen LogP contribution in [0.4, 0.5) is 0 Å². The maximum Gasteiger partial charge on any atom is 0.226 e. The van der Waals surface area contributed by atoms with Gasteiger partial charge in [0.05, 0.1) is 12.8 Å². The van der Waals surface area contributed by atoms with E-state index >= 15 is 0 Å². The van der Waals surface area contributed by atoms with Gasteiger partial charge in [-0.05, 0) is 83.9 Å². The number of nitrogens with one attached hydrogen (secondary N) is 1. The molecule has 0 amide bonds. The molecule has 6 nitrogen and oxygen atoms in total. The first kappa shape index (κ1) is 29.0. The molecule has 0 aliphatic heterocycles. The Morgan fingerprint density at radius 2 is 1.54 bits per heavy atom. The van der Waals surface area contributed by atoms with Crippen molar-refractivity contribution >= 4 is 21.6 Å². The summed E-state index contributed by atoms with van der Waals surface area (Å²) in [5.74, 6) is -0.0445. The van der Waals surface area contributed by atoms with Gasteiger partial charge >= 0.3 is 0 Å². The second-order valence-electron chi connectivity index (χ2n) is 16.3. The standard InChI is InChI=1S/C32H48N2O4S/c1-26(2)13-15-32(34-39(10,37)38)16-14-28(5)24(20(32)17-26)22(35)19-31(8)29(6)18-21(33-9)25(36)27(3,4)23(29)11-12-30(28,31)7/h18,20,23-24,34H,11-17,19H2,1-8,10H3/t20-,23-,24-,28+,29-,30-,31+,32-/m0/s1. The third-order valence-corrected chi connectivity index (χ3v) is 14.5. The van der Waals surface area contributed by atoms with Crippen LogP contribution in [0.25, 0.3) is 4.85 Å². The summed E-state index contributed by atoms with van der Waals surface area (Å²) in [6, 6.07) is 0. The topological polar surface area (TPSA) is 84.7 Å². The van der Waals surface area contributed by atoms with Crippen LogP contribution in [0.5, 0.6) is 0 Å². The van der Waals surface area contributed by atoms with Gasteiger partial charge in [0.25, 0.3) is 0 Å². The lowest BCUT2D eigenvalue weighted by atomic mass is 9.28. The Morgan fingerprint density at radius 3 is 2.13 bits per heavy atom. The van der Waals surface area contributed by atoms with Crippen LogP contribution in [0, 0.1) is 56.8 Å². The fourth-order valence-corrected chi connectivity index (χ4v) is 12.3. The predicted molar refractivity (Wildman–Crippen MR) is 153 cm³/mol. The van der Waals surface area contributed by atoms with E-state index in [1.165, 1.54) is 6.26 Å². The summed E-state index contributed by atoms with van der Waals surface area (Å²) in [5, 5.41) is 0. The summed E-state index contributed by atoms with van der Waals surface area (Å²) >= 11 is 0. The van der Waals surface area contributed by atoms with Crippen molar-refractivity contribution in [3.63, 3.8) is 0 Å². The number of carbonyl (C=O) groups is 2. The molecule has 39 heavy (non-hydrogen) atoms. The minimum absolute atomic E-state index is 0.0399. The number of hydrogen-bond acceptors (Lipinski definition) is 4. The zero-order valence-corrected chi connectivity index (χ0v) is 26.3. The lowest BCUT2D eigenvalue weighted by Crippen LogP contribution is -2.74. The summed E-state index contributed by atoms with van der Waals surface area (Å²) in [7, 11) is -3.45. The molecule has 8 atom stereocenters. The molecule has 0 saturated heterocycles. The molecule has 0 aromatic carbocycles. The average Bonchev–Trinajstić information content (AvgIpc) is 2.79. The number of sulfonamides is 1. The molecule has 7 heteroatoms. The molecular formula is C32H48N2O4S. The van der Waals surface area contributed by atoms with Crippen LogP contribution in [0.15, 0.2) is 11.8 Å². The zero-order chi connectivity index (χ0) is 29.2. The second kappa shape index (κ2) is 8.06. The third kappa shape index (κ3) is 3.55. The molecule has 0 spiro atoms. The van der Waals surface area contributed by atoms with E-state index < -0.39 is 31.8 Å². The Hall–Kier alpha value is -1.52. The lowest BCUT2D eigenvalue weighted by molar-refractivity contribution is -0.250. The number of rotatable bonds is 2. The summed E-state index contributed by atoms with van der Waals surface area (Å²) in [5.41, 5.74) is -2.43. The quantitative estimate of drug-likeness (QED) is 0.403. The summed E-state index contributed by atoms with van der Waals surface area (Å²) in [6.45, 7) is 25.5. The fourth-order valence-electron chi connectivity index (χ4n) is 11.3. The van der Waals surface area contributed by atoms with Gasteiger partial charge in [0.1, 0.15) is 5.78 Å². The van der Waals surface area contributed by atoms with Crippen molar-refractivity contribution in [3.8, 4) is 0 Å². The van der Waals surface area contributed by atoms with Crippen LogP contribution in [0.2, 0.25) is 0 Å². The number of carbonyl (C=O) groups excluding carboxylic acids is 2. The number of Topliss-reactive ketones (excluding diaryl/α,β-unsaturated/α-hetero) is 2. The van der Waals surface area contributed by atoms with Crippen LogP contribution < -0.4 is 4.72 Å². The van der Waals surface area contributed by atoms with Crippen molar-refractivity contribution in [1.29, 1.82) is 0 Å². The van der Waals surface area contributed by atoms with Crippen molar-refractivity contribution in [2.24, 2.45) is 50.2 Å². The lowest BCUT2D eigenvalue weighted by Gasteiger charge is -2.76. The molecule has 0 aromatic heterocycles. The normalized spacial score (nSPS) is 48.5. The summed E-state index contributed by atoms with van der Waals surface area (Å²) in [6.07, 6.45) is 9.46. The number of hydrogen-bond donors (Lipinski definition) is 1. The Labute approximate surface area is 236 Å². The molecule has 216 valence electrons. The van der Waals surface area contributed by atoms with Gasteiger partial charge < -0.3 is 4.79 Å². The van der Waals surface area contributed by atoms with E-state index in [1.54, 1.807) is 0 Å². The molecule has 0 aromatic rings. The molecule has 0 bridgehead atoms. The first-order valence-electron chi connectivity index (χ1n) is 14.8. The van der Waals surface area contributed by atoms with Crippen molar-refractivity contribution in [2.75, 3.05) is 6.26 Å². The molecule has 5 aliphatic rings. The van der Waals surface area contributed by atoms with E-state index in [0.29, 0.717) is 6.42 Å². The maximum atomic E-state index is 14.7. The van der Waals surface area contributed by atoms with E-state index in [1.807, 2.05) is 19.9 Å². The highest BCUT2D eigenvalue weighted by molar-refractivity contribution is 7.88. The number of fused-ring (bicyclic) bond motifs is 7. The van der Waals surface area contributed by atoms with Gasteiger partial charge in [0.2, 0.25) is 15.7 Å². The van der Waals surface area contributed by atoms with Crippen LogP contribution in [-0.4, -0.2) is 31.8 Å². The van der Waals surface area contributed by atoms with Crippen LogP contribution in [0.3, 0.4) is 0 Å². The average molecular weight is 557 g/mol. The fraction of sp³-hybridized carbons (Fsp3) is 0.844. The SMILES string of the molecule is [C-]#[N+]C1=C[C@@]2(C)[C@@H](CC[C@]3(C)[C@]2(C)CC(=O)[C@@H]2[C@@H]4CC(C)(C)CC[C@]4(NS(C)(=O)=O)CC[C@]23C)C(C)(C)C1=O. The number of ketones is 2. The minimum atomic E-state index is -3.45. The summed E-state index contributed by atoms with van der Waals surface area (Å²) in [4.78, 5) is 31.7. The molecule has 4 saturated carbocycles. The molecule has 5 aliphatic carbocycles. The second-order valence-corrected chi connectivity index (χ2v) is 18.0. The van der Waals surface area contributed by atoms with Crippen LogP contribution in [-0.2, 0) is 19.6 Å². The highest BCUT2D eigenvalue weighted by atomic mass is 32.2. The Balaban J connectivity index is 1.68. The van der Waals surface area contributed by atoms with Crippen molar-refractivity contribution < 1.29 is 18.0 Å². The van der Waals surface area contributed by atoms with E-state index in [4.69, 9.17) is 6.57 Å². The highest BCUT2D eigenvalue weighted by Crippen LogP contribution is 2.79. The maximum absolute atomic E-state index is 14.7. The monoisotopic (exact) mass is 556 g/mol. The first-order chi connectivity index (χ1) is 17.6. The van der Waals surface area contributed by atoms with E-state index in [0.717, 1.165) is 44.9 Å². The van der Waals surface area contributed by atoms with Crippen LogP contribution in [0.1, 0.15) is 107 Å². The largest absolute Gasteiger partial charge is 0.307 e. The molecule has 0 radical (unpaired) electrons. The van der Waals surface area contributed by atoms with Gasteiger partial charge in [0.15, 0.2) is 5.78 Å². The molecule has 0 unspecified atom stereocenters. The van der Waals surface area contributed by atoms with Gasteiger partial charge in [-0.1, -0.05) is 61.5 Å². The molecule has 1 N–H and O–H groups in total. The Kier molecular flexibility index (Phi) is 5.99. The van der Waals surface area contributed by atoms with Gasteiger partial charge in [-0.15, -0.1) is 0 Å². The first-order valence-corrected chi connectivity index (χ1v) is 16.7. The highest BCUT2D eigenvalue weighted by Gasteiger charge is 2.76. The number of nitrogens with zero attached hydrogens (tertiary/aromatic N) is 1. The zero-order valence-electron chi connectivity index (χ0n) is 25.5. The third-order valence-electron chi connectivity index (χ3n) is 13.7. The van der Waals surface area contributed by atoms with Crippen molar-refractivity contribution in [2.45, 2.75) is 112 Å². The molecular weight excluding hydrogens is 508 g/mol. The Bertz CT molecular complexity index is 1320. The van der Waals surface area contributed by atoms with Gasteiger partial charge in [0, 0.05) is 23.3 Å².